The van der Waals surface area contributed by atoms with Crippen LogP contribution in [-0.4, -0.2) is 9.07 Å². The van der Waals surface area contributed by atoms with Crippen LogP contribution in [0.1, 0.15) is 10.4 Å². The van der Waals surface area contributed by atoms with E-state index in [0.717, 1.165) is 22.8 Å². The van der Waals surface area contributed by atoms with Crippen LogP contribution in [0.3, 0.4) is 0 Å². The van der Waals surface area contributed by atoms with Crippen molar-refractivity contribution in [1.82, 2.24) is 2.78 Å². The van der Waals surface area contributed by atoms with Gasteiger partial charge in [0.25, 0.3) is 0 Å². The standard InChI is InChI=1S/C13H8INO/c14-15-12-4-2-1-3-10(12)11-7-9(8-16)5-6-13(11)15/h1-8H. The highest BCUT2D eigenvalue weighted by molar-refractivity contribution is 14.1. The van der Waals surface area contributed by atoms with Gasteiger partial charge >= 0.3 is 0 Å². The Bertz CT molecular complexity index is 700. The van der Waals surface area contributed by atoms with Crippen LogP contribution in [0.5, 0.6) is 0 Å². The van der Waals surface area contributed by atoms with Gasteiger partial charge in [0, 0.05) is 16.3 Å². The Hall–Kier alpha value is -1.36. The molecule has 0 N–H and O–H groups in total. The Labute approximate surface area is 106 Å². The number of aromatic nitrogens is 1. The monoisotopic (exact) mass is 321 g/mol. The maximum Gasteiger partial charge on any atom is 0.150 e. The number of fused-ring (bicyclic) bond motifs is 3. The molecular formula is C13H8INO. The highest BCUT2D eigenvalue weighted by atomic mass is 127. The molecule has 0 amide bonds. The zero-order chi connectivity index (χ0) is 11.1. The minimum absolute atomic E-state index is 0.722. The maximum absolute atomic E-state index is 10.8. The van der Waals surface area contributed by atoms with Gasteiger partial charge in [-0.1, -0.05) is 18.2 Å². The second-order valence-electron chi connectivity index (χ2n) is 3.69. The molecule has 2 aromatic carbocycles. The van der Waals surface area contributed by atoms with E-state index in [1.807, 2.05) is 30.3 Å². The molecular weight excluding hydrogens is 313 g/mol. The SMILES string of the molecule is O=Cc1ccc2c(c1)c1ccccc1n2I. The summed E-state index contributed by atoms with van der Waals surface area (Å²) in [6, 6.07) is 14.0. The Morgan fingerprint density at radius 3 is 2.56 bits per heavy atom. The number of carbonyl (C=O) groups is 1. The van der Waals surface area contributed by atoms with E-state index in [4.69, 9.17) is 0 Å². The van der Waals surface area contributed by atoms with Crippen molar-refractivity contribution in [3.63, 3.8) is 0 Å². The largest absolute Gasteiger partial charge is 0.298 e. The van der Waals surface area contributed by atoms with Gasteiger partial charge in [-0.25, -0.2) is 0 Å². The minimum atomic E-state index is 0.722. The molecule has 0 radical (unpaired) electrons. The fourth-order valence-corrected chi connectivity index (χ4v) is 2.86. The van der Waals surface area contributed by atoms with Crippen LogP contribution in [-0.2, 0) is 0 Å². The van der Waals surface area contributed by atoms with Crippen LogP contribution in [0.2, 0.25) is 0 Å². The smallest absolute Gasteiger partial charge is 0.150 e. The molecule has 0 aliphatic heterocycles. The lowest BCUT2D eigenvalue weighted by atomic mass is 10.1. The Balaban J connectivity index is 2.57. The number of nitrogens with zero attached hydrogens (tertiary/aromatic N) is 1. The highest BCUT2D eigenvalue weighted by Crippen LogP contribution is 2.30. The third kappa shape index (κ3) is 1.28. The van der Waals surface area contributed by atoms with Gasteiger partial charge in [0.05, 0.1) is 33.9 Å². The van der Waals surface area contributed by atoms with Crippen LogP contribution in [0.4, 0.5) is 0 Å². The number of aldehydes is 1. The van der Waals surface area contributed by atoms with Crippen molar-refractivity contribution < 1.29 is 4.79 Å². The van der Waals surface area contributed by atoms with Crippen molar-refractivity contribution in [2.75, 3.05) is 0 Å². The van der Waals surface area contributed by atoms with E-state index >= 15 is 0 Å². The lowest BCUT2D eigenvalue weighted by Crippen LogP contribution is -1.80. The van der Waals surface area contributed by atoms with Crippen LogP contribution in [0, 0.1) is 0 Å². The molecule has 2 nitrogen and oxygen atoms in total. The minimum Gasteiger partial charge on any atom is -0.298 e. The number of hydrogen-bond acceptors (Lipinski definition) is 1. The van der Waals surface area contributed by atoms with Crippen LogP contribution >= 0.6 is 22.9 Å². The molecule has 0 aliphatic rings. The zero-order valence-electron chi connectivity index (χ0n) is 8.35. The molecule has 0 atom stereocenters. The Morgan fingerprint density at radius 1 is 1.00 bits per heavy atom. The highest BCUT2D eigenvalue weighted by Gasteiger charge is 2.08. The summed E-state index contributed by atoms with van der Waals surface area (Å²) in [5.74, 6) is 0. The second-order valence-corrected chi connectivity index (χ2v) is 4.66. The molecule has 0 spiro atoms. The molecule has 3 heteroatoms. The fraction of sp³-hybridized carbons (Fsp3) is 0. The molecule has 16 heavy (non-hydrogen) atoms. The van der Waals surface area contributed by atoms with Crippen LogP contribution in [0.25, 0.3) is 21.8 Å². The number of carbonyl (C=O) groups excluding carboxylic acids is 1. The van der Waals surface area contributed by atoms with Crippen molar-refractivity contribution in [3.8, 4) is 0 Å². The summed E-state index contributed by atoms with van der Waals surface area (Å²) >= 11 is 2.28. The summed E-state index contributed by atoms with van der Waals surface area (Å²) in [7, 11) is 0. The lowest BCUT2D eigenvalue weighted by Gasteiger charge is -1.94. The summed E-state index contributed by atoms with van der Waals surface area (Å²) in [4.78, 5) is 10.8. The van der Waals surface area contributed by atoms with E-state index in [-0.39, 0.29) is 0 Å². The number of halogens is 1. The van der Waals surface area contributed by atoms with Crippen molar-refractivity contribution in [1.29, 1.82) is 0 Å². The Kier molecular flexibility index (Phi) is 2.21. The van der Waals surface area contributed by atoms with Crippen molar-refractivity contribution in [3.05, 3.63) is 48.0 Å². The zero-order valence-corrected chi connectivity index (χ0v) is 10.5. The summed E-state index contributed by atoms with van der Waals surface area (Å²) in [6.07, 6.45) is 0.888. The predicted molar refractivity (Wildman–Crippen MR) is 74.2 cm³/mol. The second kappa shape index (κ2) is 3.59. The van der Waals surface area contributed by atoms with Gasteiger partial charge in [-0.15, -0.1) is 0 Å². The normalized spacial score (nSPS) is 11.1. The molecule has 0 aliphatic carbocycles. The molecule has 3 aromatic rings. The summed E-state index contributed by atoms with van der Waals surface area (Å²) in [5.41, 5.74) is 3.05. The third-order valence-corrected chi connectivity index (χ3v) is 3.81. The van der Waals surface area contributed by atoms with Crippen LogP contribution in [0.15, 0.2) is 42.5 Å². The van der Waals surface area contributed by atoms with Crippen molar-refractivity contribution in [2.24, 2.45) is 0 Å². The average Bonchev–Trinajstić information content (AvgIpc) is 2.64. The summed E-state index contributed by atoms with van der Waals surface area (Å²) in [5, 5.41) is 2.32. The van der Waals surface area contributed by atoms with Crippen molar-refractivity contribution in [2.45, 2.75) is 0 Å². The lowest BCUT2D eigenvalue weighted by molar-refractivity contribution is 0.112. The molecule has 1 heterocycles. The quantitative estimate of drug-likeness (QED) is 0.493. The van der Waals surface area contributed by atoms with E-state index in [2.05, 4.69) is 37.8 Å². The molecule has 0 saturated heterocycles. The van der Waals surface area contributed by atoms with Gasteiger partial charge in [0.2, 0.25) is 0 Å². The molecule has 3 rings (SSSR count). The first kappa shape index (κ1) is 9.84. The molecule has 0 bridgehead atoms. The van der Waals surface area contributed by atoms with E-state index in [1.54, 1.807) is 0 Å². The number of rotatable bonds is 1. The predicted octanol–water partition coefficient (Wildman–Crippen LogP) is 3.81. The van der Waals surface area contributed by atoms with E-state index < -0.39 is 0 Å². The average molecular weight is 321 g/mol. The maximum atomic E-state index is 10.8. The van der Waals surface area contributed by atoms with Gasteiger partial charge in [-0.2, -0.15) is 0 Å². The number of benzene rings is 2. The van der Waals surface area contributed by atoms with Crippen LogP contribution < -0.4 is 0 Å². The topological polar surface area (TPSA) is 22.0 Å². The first-order valence-corrected chi connectivity index (χ1v) is 5.92. The number of para-hydroxylation sites is 1. The molecule has 0 unspecified atom stereocenters. The van der Waals surface area contributed by atoms with Gasteiger partial charge in [-0.05, 0) is 24.3 Å². The molecule has 0 fully saturated rings. The van der Waals surface area contributed by atoms with E-state index in [9.17, 15) is 4.79 Å². The third-order valence-electron chi connectivity index (χ3n) is 2.77. The van der Waals surface area contributed by atoms with Crippen molar-refractivity contribution >= 4 is 51.0 Å². The van der Waals surface area contributed by atoms with Gasteiger partial charge in [0.1, 0.15) is 6.29 Å². The first-order chi connectivity index (χ1) is 7.81. The van der Waals surface area contributed by atoms with Gasteiger partial charge in [0.15, 0.2) is 0 Å². The van der Waals surface area contributed by atoms with Gasteiger partial charge in [-0.3, -0.25) is 7.58 Å². The van der Waals surface area contributed by atoms with E-state index in [0.29, 0.717) is 0 Å². The molecule has 1 aromatic heterocycles. The summed E-state index contributed by atoms with van der Waals surface area (Å²) < 4.78 is 2.12. The van der Waals surface area contributed by atoms with Gasteiger partial charge < -0.3 is 0 Å². The number of hydrogen-bond donors (Lipinski definition) is 0. The molecule has 78 valence electrons. The fourth-order valence-electron chi connectivity index (χ4n) is 2.02. The Morgan fingerprint density at radius 2 is 1.75 bits per heavy atom. The molecule has 0 saturated carbocycles. The van der Waals surface area contributed by atoms with E-state index in [1.165, 1.54) is 10.9 Å². The summed E-state index contributed by atoms with van der Waals surface area (Å²) in [6.45, 7) is 0. The first-order valence-electron chi connectivity index (χ1n) is 4.96.